The molecule has 0 atom stereocenters. The van der Waals surface area contributed by atoms with Gasteiger partial charge in [-0.3, -0.25) is 0 Å². The molecule has 1 aromatic carbocycles. The van der Waals surface area contributed by atoms with Crippen LogP contribution in [0.3, 0.4) is 0 Å². The highest BCUT2D eigenvalue weighted by Crippen LogP contribution is 2.33. The smallest absolute Gasteiger partial charge is 0.210 e. The Kier molecular flexibility index (Phi) is 4.47. The number of hydrogen-bond acceptors (Lipinski definition) is 8. The highest BCUT2D eigenvalue weighted by molar-refractivity contribution is 8.02. The first kappa shape index (κ1) is 14.4. The zero-order valence-electron chi connectivity index (χ0n) is 11.5. The summed E-state index contributed by atoms with van der Waals surface area (Å²) in [6, 6.07) is 8.18. The molecule has 0 fully saturated rings. The summed E-state index contributed by atoms with van der Waals surface area (Å²) < 4.78 is 6.04. The molecule has 2 heterocycles. The van der Waals surface area contributed by atoms with Crippen LogP contribution in [-0.4, -0.2) is 19.6 Å². The highest BCUT2D eigenvalue weighted by Gasteiger charge is 2.10. The lowest BCUT2D eigenvalue weighted by Crippen LogP contribution is -1.88. The summed E-state index contributed by atoms with van der Waals surface area (Å²) in [5.41, 5.74) is 2.24. The fourth-order valence-electron chi connectivity index (χ4n) is 1.56. The Morgan fingerprint density at radius 2 is 1.95 bits per heavy atom. The largest absolute Gasteiger partial charge is 0.330 e. The van der Waals surface area contributed by atoms with Gasteiger partial charge in [0.05, 0.1) is 0 Å². The molecule has 3 aromatic rings. The Bertz CT molecular complexity index is 719. The molecule has 0 spiro atoms. The summed E-state index contributed by atoms with van der Waals surface area (Å²) in [4.78, 5) is 4.42. The van der Waals surface area contributed by atoms with Crippen LogP contribution in [0.5, 0.6) is 0 Å². The zero-order chi connectivity index (χ0) is 14.7. The summed E-state index contributed by atoms with van der Waals surface area (Å²) in [5.74, 6) is 0.880. The minimum absolute atomic E-state index is 0.779. The number of nitrogens with one attached hydrogen (secondary N) is 1. The van der Waals surface area contributed by atoms with Crippen LogP contribution in [0, 0.1) is 6.92 Å². The number of aromatic nitrogens is 4. The SMILES string of the molecule is CCc1nsc(Sc2nnc(Nc3ccc(C)cc3)s2)n1. The van der Waals surface area contributed by atoms with Gasteiger partial charge in [0.15, 0.2) is 8.68 Å². The first-order chi connectivity index (χ1) is 10.2. The molecular formula is C13H13N5S3. The number of aryl methyl sites for hydroxylation is 2. The number of benzene rings is 1. The van der Waals surface area contributed by atoms with Crippen molar-refractivity contribution >= 4 is 45.5 Å². The zero-order valence-corrected chi connectivity index (χ0v) is 14.0. The minimum atomic E-state index is 0.779. The second-order valence-electron chi connectivity index (χ2n) is 4.30. The van der Waals surface area contributed by atoms with Gasteiger partial charge >= 0.3 is 0 Å². The Hall–Kier alpha value is -1.51. The van der Waals surface area contributed by atoms with E-state index in [2.05, 4.69) is 43.9 Å². The van der Waals surface area contributed by atoms with Crippen molar-refractivity contribution in [2.24, 2.45) is 0 Å². The first-order valence-electron chi connectivity index (χ1n) is 6.40. The summed E-state index contributed by atoms with van der Waals surface area (Å²) in [7, 11) is 0. The standard InChI is InChI=1S/C13H13N5S3/c1-3-10-15-12(21-18-10)20-13-17-16-11(19-13)14-9-6-4-8(2)5-7-9/h4-7H,3H2,1-2H3,(H,14,16). The van der Waals surface area contributed by atoms with E-state index in [0.717, 1.165) is 31.7 Å². The summed E-state index contributed by atoms with van der Waals surface area (Å²) in [6.07, 6.45) is 0.855. The Morgan fingerprint density at radius 3 is 2.67 bits per heavy atom. The van der Waals surface area contributed by atoms with E-state index in [0.29, 0.717) is 0 Å². The maximum atomic E-state index is 4.42. The molecular weight excluding hydrogens is 322 g/mol. The lowest BCUT2D eigenvalue weighted by Gasteiger charge is -2.01. The molecule has 0 aliphatic rings. The molecule has 5 nitrogen and oxygen atoms in total. The number of hydrogen-bond donors (Lipinski definition) is 1. The molecule has 2 aromatic heterocycles. The predicted molar refractivity (Wildman–Crippen MR) is 87.8 cm³/mol. The maximum absolute atomic E-state index is 4.42. The van der Waals surface area contributed by atoms with Crippen molar-refractivity contribution in [3.8, 4) is 0 Å². The van der Waals surface area contributed by atoms with E-state index in [1.54, 1.807) is 0 Å². The normalized spacial score (nSPS) is 10.8. The van der Waals surface area contributed by atoms with E-state index >= 15 is 0 Å². The van der Waals surface area contributed by atoms with Crippen LogP contribution in [0.2, 0.25) is 0 Å². The van der Waals surface area contributed by atoms with E-state index in [1.165, 1.54) is 40.2 Å². The molecule has 8 heteroatoms. The molecule has 108 valence electrons. The van der Waals surface area contributed by atoms with Gasteiger partial charge in [-0.25, -0.2) is 4.98 Å². The molecule has 21 heavy (non-hydrogen) atoms. The van der Waals surface area contributed by atoms with Crippen molar-refractivity contribution in [3.63, 3.8) is 0 Å². The van der Waals surface area contributed by atoms with Crippen LogP contribution in [-0.2, 0) is 6.42 Å². The number of rotatable bonds is 5. The van der Waals surface area contributed by atoms with Gasteiger partial charge in [0, 0.05) is 12.1 Å². The third-order valence-electron chi connectivity index (χ3n) is 2.65. The molecule has 0 radical (unpaired) electrons. The van der Waals surface area contributed by atoms with Crippen molar-refractivity contribution in [3.05, 3.63) is 35.7 Å². The number of nitrogens with zero attached hydrogens (tertiary/aromatic N) is 4. The quantitative estimate of drug-likeness (QED) is 0.755. The van der Waals surface area contributed by atoms with Gasteiger partial charge in [0.25, 0.3) is 0 Å². The van der Waals surface area contributed by atoms with E-state index in [-0.39, 0.29) is 0 Å². The van der Waals surface area contributed by atoms with Crippen molar-refractivity contribution in [1.82, 2.24) is 19.6 Å². The lowest BCUT2D eigenvalue weighted by molar-refractivity contribution is 0.968. The van der Waals surface area contributed by atoms with E-state index < -0.39 is 0 Å². The molecule has 1 N–H and O–H groups in total. The van der Waals surface area contributed by atoms with Crippen molar-refractivity contribution in [2.45, 2.75) is 28.9 Å². The Balaban J connectivity index is 1.67. The van der Waals surface area contributed by atoms with Crippen LogP contribution >= 0.6 is 34.6 Å². The van der Waals surface area contributed by atoms with Crippen LogP contribution in [0.4, 0.5) is 10.8 Å². The van der Waals surface area contributed by atoms with Gasteiger partial charge in [-0.2, -0.15) is 4.37 Å². The summed E-state index contributed by atoms with van der Waals surface area (Å²) >= 11 is 4.42. The fourth-order valence-corrected chi connectivity index (χ4v) is 4.24. The molecule has 0 unspecified atom stereocenters. The molecule has 0 bridgehead atoms. The van der Waals surface area contributed by atoms with Crippen LogP contribution in [0.1, 0.15) is 18.3 Å². The van der Waals surface area contributed by atoms with Crippen molar-refractivity contribution in [1.29, 1.82) is 0 Å². The second-order valence-corrected chi connectivity index (χ2v) is 7.52. The van der Waals surface area contributed by atoms with Crippen molar-refractivity contribution in [2.75, 3.05) is 5.32 Å². The van der Waals surface area contributed by atoms with Crippen LogP contribution < -0.4 is 5.32 Å². The second kappa shape index (κ2) is 6.50. The Morgan fingerprint density at radius 1 is 1.14 bits per heavy atom. The number of anilines is 2. The van der Waals surface area contributed by atoms with E-state index in [9.17, 15) is 0 Å². The first-order valence-corrected chi connectivity index (χ1v) is 8.81. The molecule has 0 saturated heterocycles. The summed E-state index contributed by atoms with van der Waals surface area (Å²) in [5, 5.41) is 12.4. The van der Waals surface area contributed by atoms with Gasteiger partial charge in [-0.15, -0.1) is 10.2 Å². The molecule has 0 amide bonds. The van der Waals surface area contributed by atoms with Gasteiger partial charge in [0.1, 0.15) is 5.82 Å². The lowest BCUT2D eigenvalue weighted by atomic mass is 10.2. The Labute approximate surface area is 135 Å². The third kappa shape index (κ3) is 3.78. The highest BCUT2D eigenvalue weighted by atomic mass is 32.2. The minimum Gasteiger partial charge on any atom is -0.330 e. The van der Waals surface area contributed by atoms with Gasteiger partial charge < -0.3 is 5.32 Å². The molecule has 0 aliphatic carbocycles. The molecule has 3 rings (SSSR count). The average Bonchev–Trinajstić information content (AvgIpc) is 3.11. The fraction of sp³-hybridized carbons (Fsp3) is 0.231. The van der Waals surface area contributed by atoms with Gasteiger partial charge in [-0.05, 0) is 42.4 Å². The monoisotopic (exact) mass is 335 g/mol. The topological polar surface area (TPSA) is 63.6 Å². The van der Waals surface area contributed by atoms with E-state index in [4.69, 9.17) is 0 Å². The predicted octanol–water partition coefficient (Wildman–Crippen LogP) is 4.16. The molecule has 0 saturated carbocycles. The van der Waals surface area contributed by atoms with Crippen LogP contribution in [0.15, 0.2) is 32.9 Å². The van der Waals surface area contributed by atoms with Crippen molar-refractivity contribution < 1.29 is 0 Å². The average molecular weight is 335 g/mol. The molecule has 0 aliphatic heterocycles. The summed E-state index contributed by atoms with van der Waals surface area (Å²) in [6.45, 7) is 4.11. The van der Waals surface area contributed by atoms with Gasteiger partial charge in [0.2, 0.25) is 5.13 Å². The van der Waals surface area contributed by atoms with E-state index in [1.807, 2.05) is 19.1 Å². The van der Waals surface area contributed by atoms with Gasteiger partial charge in [-0.1, -0.05) is 36.0 Å². The van der Waals surface area contributed by atoms with Crippen LogP contribution in [0.25, 0.3) is 0 Å². The maximum Gasteiger partial charge on any atom is 0.210 e. The third-order valence-corrected chi connectivity index (χ3v) is 5.33.